The maximum atomic E-state index is 12.3. The fraction of sp³-hybridized carbons (Fsp3) is 0.385. The van der Waals surface area contributed by atoms with Crippen LogP contribution in [0, 0.1) is 17.2 Å². The topological polar surface area (TPSA) is 75.0 Å². The highest BCUT2D eigenvalue weighted by Crippen LogP contribution is 2.32. The van der Waals surface area contributed by atoms with E-state index in [2.05, 4.69) is 0 Å². The number of hydrogen-bond donors (Lipinski definition) is 0. The monoisotopic (exact) mass is 331 g/mol. The van der Waals surface area contributed by atoms with Gasteiger partial charge in [0, 0.05) is 16.0 Å². The molecule has 1 aliphatic heterocycles. The number of halogens is 2. The third-order valence-corrected chi connectivity index (χ3v) is 5.65. The normalized spacial score (nSPS) is 22.1. The van der Waals surface area contributed by atoms with Gasteiger partial charge >= 0.3 is 0 Å². The van der Waals surface area contributed by atoms with E-state index in [-0.39, 0.29) is 22.9 Å². The summed E-state index contributed by atoms with van der Waals surface area (Å²) < 4.78 is 22.9. The van der Waals surface area contributed by atoms with Crippen LogP contribution in [0.3, 0.4) is 0 Å². The Balaban J connectivity index is 2.29. The lowest BCUT2D eigenvalue weighted by Crippen LogP contribution is -2.22. The SMILES string of the molecule is N#CC(C(=O)C1CCS(=O)(=O)C1)c1ccc(Cl)cc1Cl. The van der Waals surface area contributed by atoms with E-state index in [1.165, 1.54) is 12.1 Å². The number of benzene rings is 1. The van der Waals surface area contributed by atoms with E-state index in [9.17, 15) is 18.5 Å². The zero-order valence-electron chi connectivity index (χ0n) is 10.3. The fourth-order valence-corrected chi connectivity index (χ4v) is 4.55. The van der Waals surface area contributed by atoms with Gasteiger partial charge in [0.2, 0.25) is 0 Å². The number of ketones is 1. The van der Waals surface area contributed by atoms with Gasteiger partial charge in [0.05, 0.1) is 17.6 Å². The van der Waals surface area contributed by atoms with Crippen LogP contribution in [-0.2, 0) is 14.6 Å². The van der Waals surface area contributed by atoms with Gasteiger partial charge in [-0.1, -0.05) is 29.3 Å². The Morgan fingerprint density at radius 3 is 2.60 bits per heavy atom. The van der Waals surface area contributed by atoms with Gasteiger partial charge in [-0.3, -0.25) is 4.79 Å². The summed E-state index contributed by atoms with van der Waals surface area (Å²) in [5.74, 6) is -2.27. The van der Waals surface area contributed by atoms with E-state index in [1.54, 1.807) is 6.07 Å². The molecular formula is C13H11Cl2NO3S. The van der Waals surface area contributed by atoms with E-state index in [1.807, 2.05) is 6.07 Å². The number of carbonyl (C=O) groups is 1. The summed E-state index contributed by atoms with van der Waals surface area (Å²) in [4.78, 5) is 12.3. The van der Waals surface area contributed by atoms with Crippen molar-refractivity contribution in [2.45, 2.75) is 12.3 Å². The molecule has 7 heteroatoms. The Kier molecular flexibility index (Phi) is 4.38. The summed E-state index contributed by atoms with van der Waals surface area (Å²) in [7, 11) is -3.17. The van der Waals surface area contributed by atoms with Crippen LogP contribution in [0.2, 0.25) is 10.0 Å². The first kappa shape index (κ1) is 15.3. The molecule has 0 aliphatic carbocycles. The summed E-state index contributed by atoms with van der Waals surface area (Å²) in [6.45, 7) is 0. The van der Waals surface area contributed by atoms with Gasteiger partial charge < -0.3 is 0 Å². The van der Waals surface area contributed by atoms with Crippen molar-refractivity contribution in [3.8, 4) is 6.07 Å². The lowest BCUT2D eigenvalue weighted by atomic mass is 9.88. The van der Waals surface area contributed by atoms with Crippen LogP contribution < -0.4 is 0 Å². The fourth-order valence-electron chi connectivity index (χ4n) is 2.28. The van der Waals surface area contributed by atoms with E-state index < -0.39 is 27.5 Å². The van der Waals surface area contributed by atoms with Crippen LogP contribution in [0.5, 0.6) is 0 Å². The molecule has 2 unspecified atom stereocenters. The average Bonchev–Trinajstić information content (AvgIpc) is 2.73. The predicted octanol–water partition coefficient (Wildman–Crippen LogP) is 2.60. The molecule has 0 radical (unpaired) electrons. The van der Waals surface area contributed by atoms with Crippen LogP contribution in [0.25, 0.3) is 0 Å². The second-order valence-electron chi connectivity index (χ2n) is 4.73. The van der Waals surface area contributed by atoms with E-state index in [0.29, 0.717) is 10.6 Å². The van der Waals surface area contributed by atoms with Gasteiger partial charge in [-0.25, -0.2) is 8.42 Å². The predicted molar refractivity (Wildman–Crippen MR) is 76.6 cm³/mol. The Hall–Kier alpha value is -1.09. The van der Waals surface area contributed by atoms with Gasteiger partial charge in [-0.15, -0.1) is 0 Å². The van der Waals surface area contributed by atoms with Crippen molar-refractivity contribution in [2.24, 2.45) is 5.92 Å². The summed E-state index contributed by atoms with van der Waals surface area (Å²) in [5, 5.41) is 9.87. The minimum atomic E-state index is -3.17. The molecule has 1 fully saturated rings. The molecule has 0 bridgehead atoms. The van der Waals surface area contributed by atoms with Gasteiger partial charge in [0.1, 0.15) is 5.92 Å². The molecule has 0 amide bonds. The lowest BCUT2D eigenvalue weighted by molar-refractivity contribution is -0.122. The molecule has 2 rings (SSSR count). The number of carbonyl (C=O) groups excluding carboxylic acids is 1. The highest BCUT2D eigenvalue weighted by atomic mass is 35.5. The van der Waals surface area contributed by atoms with Gasteiger partial charge in [0.25, 0.3) is 0 Å². The van der Waals surface area contributed by atoms with Crippen molar-refractivity contribution in [1.29, 1.82) is 5.26 Å². The average molecular weight is 332 g/mol. The minimum Gasteiger partial charge on any atom is -0.297 e. The number of Topliss-reactive ketones (excluding diaryl/α,β-unsaturated/α-hetero) is 1. The molecule has 106 valence electrons. The third kappa shape index (κ3) is 3.14. The molecule has 1 aliphatic rings. The maximum Gasteiger partial charge on any atom is 0.158 e. The molecule has 1 aromatic carbocycles. The van der Waals surface area contributed by atoms with Crippen LogP contribution in [0.1, 0.15) is 17.9 Å². The molecule has 2 atom stereocenters. The molecule has 1 saturated heterocycles. The molecule has 4 nitrogen and oxygen atoms in total. The summed E-state index contributed by atoms with van der Waals surface area (Å²) >= 11 is 11.8. The standard InChI is InChI=1S/C13H11Cl2NO3S/c14-9-1-2-10(12(15)5-9)11(6-16)13(17)8-3-4-20(18,19)7-8/h1-2,5,8,11H,3-4,7H2. The van der Waals surface area contributed by atoms with Crippen molar-refractivity contribution in [1.82, 2.24) is 0 Å². The second kappa shape index (κ2) is 5.72. The quantitative estimate of drug-likeness (QED) is 0.853. The van der Waals surface area contributed by atoms with Crippen LogP contribution in [0.4, 0.5) is 0 Å². The largest absolute Gasteiger partial charge is 0.297 e. The Labute approximate surface area is 127 Å². The Bertz CT molecular complexity index is 694. The molecule has 0 aromatic heterocycles. The molecular weight excluding hydrogens is 321 g/mol. The first-order chi connectivity index (χ1) is 9.34. The van der Waals surface area contributed by atoms with Crippen LogP contribution in [0.15, 0.2) is 18.2 Å². The van der Waals surface area contributed by atoms with E-state index >= 15 is 0 Å². The number of nitriles is 1. The Morgan fingerprint density at radius 2 is 2.10 bits per heavy atom. The van der Waals surface area contributed by atoms with E-state index in [4.69, 9.17) is 23.2 Å². The van der Waals surface area contributed by atoms with Crippen molar-refractivity contribution in [2.75, 3.05) is 11.5 Å². The highest BCUT2D eigenvalue weighted by Gasteiger charge is 2.37. The van der Waals surface area contributed by atoms with Crippen molar-refractivity contribution >= 4 is 38.8 Å². The Morgan fingerprint density at radius 1 is 1.40 bits per heavy atom. The van der Waals surface area contributed by atoms with Gasteiger partial charge in [0.15, 0.2) is 15.6 Å². The first-order valence-electron chi connectivity index (χ1n) is 5.93. The zero-order valence-corrected chi connectivity index (χ0v) is 12.7. The zero-order chi connectivity index (χ0) is 14.9. The summed E-state index contributed by atoms with van der Waals surface area (Å²) in [6, 6.07) is 6.45. The summed E-state index contributed by atoms with van der Waals surface area (Å²) in [6.07, 6.45) is 0.268. The first-order valence-corrected chi connectivity index (χ1v) is 8.50. The van der Waals surface area contributed by atoms with Crippen LogP contribution in [-0.4, -0.2) is 25.7 Å². The van der Waals surface area contributed by atoms with Crippen molar-refractivity contribution in [3.05, 3.63) is 33.8 Å². The van der Waals surface area contributed by atoms with Crippen molar-refractivity contribution in [3.63, 3.8) is 0 Å². The minimum absolute atomic E-state index is 0.00406. The number of rotatable bonds is 3. The molecule has 0 saturated carbocycles. The lowest BCUT2D eigenvalue weighted by Gasteiger charge is -2.14. The molecule has 1 aromatic rings. The number of hydrogen-bond acceptors (Lipinski definition) is 4. The van der Waals surface area contributed by atoms with Crippen molar-refractivity contribution < 1.29 is 13.2 Å². The number of sulfone groups is 1. The molecule has 1 heterocycles. The van der Waals surface area contributed by atoms with Gasteiger partial charge in [-0.2, -0.15) is 5.26 Å². The molecule has 0 N–H and O–H groups in total. The second-order valence-corrected chi connectivity index (χ2v) is 7.80. The number of nitrogens with zero attached hydrogens (tertiary/aromatic N) is 1. The van der Waals surface area contributed by atoms with E-state index in [0.717, 1.165) is 0 Å². The van der Waals surface area contributed by atoms with Gasteiger partial charge in [-0.05, 0) is 24.1 Å². The summed E-state index contributed by atoms with van der Waals surface area (Å²) in [5.41, 5.74) is 0.368. The maximum absolute atomic E-state index is 12.3. The smallest absolute Gasteiger partial charge is 0.158 e. The molecule has 0 spiro atoms. The van der Waals surface area contributed by atoms with Crippen LogP contribution >= 0.6 is 23.2 Å². The highest BCUT2D eigenvalue weighted by molar-refractivity contribution is 7.91. The third-order valence-electron chi connectivity index (χ3n) is 3.32. The molecule has 20 heavy (non-hydrogen) atoms.